The molecule has 0 aliphatic rings. The smallest absolute Gasteiger partial charge is 0.0639 e. The molecule has 1 aromatic carbocycles. The van der Waals surface area contributed by atoms with E-state index in [1.807, 2.05) is 25.1 Å². The van der Waals surface area contributed by atoms with Crippen LogP contribution in [0.4, 0.5) is 5.69 Å². The third-order valence-electron chi connectivity index (χ3n) is 2.41. The predicted molar refractivity (Wildman–Crippen MR) is 67.8 cm³/mol. The van der Waals surface area contributed by atoms with Gasteiger partial charge in [-0.2, -0.15) is 0 Å². The molecule has 0 aliphatic carbocycles. The maximum absolute atomic E-state index is 6.09. The van der Waals surface area contributed by atoms with Crippen molar-refractivity contribution in [2.24, 2.45) is 5.73 Å². The third-order valence-corrected chi connectivity index (χ3v) is 2.73. The van der Waals surface area contributed by atoms with Crippen molar-refractivity contribution < 1.29 is 0 Å². The van der Waals surface area contributed by atoms with Crippen LogP contribution in [0.2, 0.25) is 5.02 Å². The van der Waals surface area contributed by atoms with E-state index in [2.05, 4.69) is 12.1 Å². The van der Waals surface area contributed by atoms with Crippen LogP contribution in [0.1, 0.15) is 18.4 Å². The molecule has 0 saturated heterocycles. The molecule has 1 aromatic rings. The first-order valence-corrected chi connectivity index (χ1v) is 5.68. The van der Waals surface area contributed by atoms with Crippen LogP contribution < -0.4 is 10.6 Å². The van der Waals surface area contributed by atoms with Gasteiger partial charge in [0, 0.05) is 14.1 Å². The van der Waals surface area contributed by atoms with Crippen molar-refractivity contribution in [1.29, 1.82) is 0 Å². The van der Waals surface area contributed by atoms with E-state index < -0.39 is 0 Å². The molecule has 0 bridgehead atoms. The van der Waals surface area contributed by atoms with Crippen molar-refractivity contribution in [3.05, 3.63) is 28.8 Å². The normalized spacial score (nSPS) is 10.4. The second kappa shape index (κ2) is 5.99. The summed E-state index contributed by atoms with van der Waals surface area (Å²) in [6, 6.07) is 6.21. The second-order valence-electron chi connectivity index (χ2n) is 3.93. The van der Waals surface area contributed by atoms with E-state index in [1.165, 1.54) is 5.56 Å². The van der Waals surface area contributed by atoms with Gasteiger partial charge in [0.15, 0.2) is 0 Å². The van der Waals surface area contributed by atoms with E-state index >= 15 is 0 Å². The molecule has 3 heteroatoms. The number of nitrogens with two attached hydrogens (primary N) is 1. The molecule has 0 heterocycles. The summed E-state index contributed by atoms with van der Waals surface area (Å²) in [6.07, 6.45) is 3.31. The van der Waals surface area contributed by atoms with Crippen LogP contribution in [0.25, 0.3) is 0 Å². The molecule has 1 rings (SSSR count). The van der Waals surface area contributed by atoms with Crippen LogP contribution in [0.5, 0.6) is 0 Å². The molecule has 84 valence electrons. The van der Waals surface area contributed by atoms with E-state index in [1.54, 1.807) is 0 Å². The van der Waals surface area contributed by atoms with E-state index in [-0.39, 0.29) is 0 Å². The lowest BCUT2D eigenvalue weighted by Crippen LogP contribution is -2.09. The van der Waals surface area contributed by atoms with Crippen molar-refractivity contribution in [1.82, 2.24) is 0 Å². The molecule has 15 heavy (non-hydrogen) atoms. The number of nitrogens with zero attached hydrogens (tertiary/aromatic N) is 1. The number of halogens is 1. The van der Waals surface area contributed by atoms with Gasteiger partial charge in [0.25, 0.3) is 0 Å². The van der Waals surface area contributed by atoms with Crippen LogP contribution in [0.15, 0.2) is 18.2 Å². The highest BCUT2D eigenvalue weighted by Gasteiger charge is 2.03. The van der Waals surface area contributed by atoms with Crippen LogP contribution in [0, 0.1) is 0 Å². The molecule has 0 radical (unpaired) electrons. The highest BCUT2D eigenvalue weighted by atomic mass is 35.5. The standard InChI is InChI=1S/C12H19ClN2/c1-15(2)12-9-10(5-3-4-8-14)6-7-11(12)13/h6-7,9H,3-5,8,14H2,1-2H3. The van der Waals surface area contributed by atoms with Gasteiger partial charge < -0.3 is 10.6 Å². The largest absolute Gasteiger partial charge is 0.376 e. The van der Waals surface area contributed by atoms with Gasteiger partial charge >= 0.3 is 0 Å². The third kappa shape index (κ3) is 3.73. The summed E-state index contributed by atoms with van der Waals surface area (Å²) in [5, 5.41) is 0.808. The first-order chi connectivity index (χ1) is 7.15. The van der Waals surface area contributed by atoms with Gasteiger partial charge in [-0.25, -0.2) is 0 Å². The van der Waals surface area contributed by atoms with E-state index in [0.29, 0.717) is 0 Å². The van der Waals surface area contributed by atoms with Crippen molar-refractivity contribution in [3.8, 4) is 0 Å². The van der Waals surface area contributed by atoms with Gasteiger partial charge in [-0.3, -0.25) is 0 Å². The molecule has 0 amide bonds. The Bertz CT molecular complexity index is 310. The maximum atomic E-state index is 6.09. The first kappa shape index (κ1) is 12.3. The van der Waals surface area contributed by atoms with E-state index in [4.69, 9.17) is 17.3 Å². The number of hydrogen-bond donors (Lipinski definition) is 1. The fraction of sp³-hybridized carbons (Fsp3) is 0.500. The minimum atomic E-state index is 0.772. The van der Waals surface area contributed by atoms with E-state index in [9.17, 15) is 0 Å². The Morgan fingerprint density at radius 1 is 1.27 bits per heavy atom. The highest BCUT2D eigenvalue weighted by molar-refractivity contribution is 6.33. The molecule has 0 aliphatic heterocycles. The number of aryl methyl sites for hydroxylation is 1. The van der Waals surface area contributed by atoms with Crippen molar-refractivity contribution in [2.75, 3.05) is 25.5 Å². The summed E-state index contributed by atoms with van der Waals surface area (Å²) in [5.74, 6) is 0. The van der Waals surface area contributed by atoms with Crippen LogP contribution in [-0.4, -0.2) is 20.6 Å². The minimum absolute atomic E-state index is 0.772. The Balaban J connectivity index is 2.70. The van der Waals surface area contributed by atoms with Crippen molar-refractivity contribution in [3.63, 3.8) is 0 Å². The summed E-state index contributed by atoms with van der Waals surface area (Å²) in [5.41, 5.74) is 7.88. The van der Waals surface area contributed by atoms with Gasteiger partial charge in [-0.1, -0.05) is 17.7 Å². The molecule has 0 atom stereocenters. The van der Waals surface area contributed by atoms with Crippen LogP contribution in [-0.2, 0) is 6.42 Å². The lowest BCUT2D eigenvalue weighted by atomic mass is 10.1. The van der Waals surface area contributed by atoms with Gasteiger partial charge in [0.2, 0.25) is 0 Å². The molecular formula is C12H19ClN2. The average molecular weight is 227 g/mol. The maximum Gasteiger partial charge on any atom is 0.0639 e. The molecule has 2 nitrogen and oxygen atoms in total. The summed E-state index contributed by atoms with van der Waals surface area (Å²) >= 11 is 6.09. The second-order valence-corrected chi connectivity index (χ2v) is 4.33. The number of anilines is 1. The Labute approximate surface area is 97.0 Å². The fourth-order valence-corrected chi connectivity index (χ4v) is 1.82. The SMILES string of the molecule is CN(C)c1cc(CCCCN)ccc1Cl. The van der Waals surface area contributed by atoms with Crippen LogP contribution >= 0.6 is 11.6 Å². The number of benzene rings is 1. The topological polar surface area (TPSA) is 29.3 Å². The zero-order chi connectivity index (χ0) is 11.3. The zero-order valence-corrected chi connectivity index (χ0v) is 10.2. The fourth-order valence-electron chi connectivity index (χ4n) is 1.53. The monoisotopic (exact) mass is 226 g/mol. The first-order valence-electron chi connectivity index (χ1n) is 5.31. The van der Waals surface area contributed by atoms with Crippen molar-refractivity contribution >= 4 is 17.3 Å². The van der Waals surface area contributed by atoms with Gasteiger partial charge in [-0.05, 0) is 43.5 Å². The van der Waals surface area contributed by atoms with E-state index in [0.717, 1.165) is 36.5 Å². The quantitative estimate of drug-likeness (QED) is 0.783. The summed E-state index contributed by atoms with van der Waals surface area (Å²) in [6.45, 7) is 0.772. The lowest BCUT2D eigenvalue weighted by Gasteiger charge is -2.15. The Kier molecular flexibility index (Phi) is 4.92. The predicted octanol–water partition coefficient (Wildman–Crippen LogP) is 2.69. The zero-order valence-electron chi connectivity index (χ0n) is 9.46. The summed E-state index contributed by atoms with van der Waals surface area (Å²) < 4.78 is 0. The van der Waals surface area contributed by atoms with Gasteiger partial charge in [0.1, 0.15) is 0 Å². The molecule has 0 spiro atoms. The Morgan fingerprint density at radius 3 is 2.60 bits per heavy atom. The van der Waals surface area contributed by atoms with Crippen molar-refractivity contribution in [2.45, 2.75) is 19.3 Å². The minimum Gasteiger partial charge on any atom is -0.376 e. The summed E-state index contributed by atoms with van der Waals surface area (Å²) in [7, 11) is 4.01. The lowest BCUT2D eigenvalue weighted by molar-refractivity contribution is 0.745. The number of unbranched alkanes of at least 4 members (excludes halogenated alkanes) is 1. The summed E-state index contributed by atoms with van der Waals surface area (Å²) in [4.78, 5) is 2.04. The van der Waals surface area contributed by atoms with Gasteiger partial charge in [0.05, 0.1) is 10.7 Å². The molecule has 0 aromatic heterocycles. The Morgan fingerprint density at radius 2 is 2.00 bits per heavy atom. The molecule has 2 N–H and O–H groups in total. The van der Waals surface area contributed by atoms with Crippen LogP contribution in [0.3, 0.4) is 0 Å². The molecule has 0 saturated carbocycles. The number of hydrogen-bond acceptors (Lipinski definition) is 2. The average Bonchev–Trinajstić information content (AvgIpc) is 2.20. The highest BCUT2D eigenvalue weighted by Crippen LogP contribution is 2.25. The number of rotatable bonds is 5. The Hall–Kier alpha value is -0.730. The molecule has 0 fully saturated rings. The molecule has 0 unspecified atom stereocenters. The molecular weight excluding hydrogens is 208 g/mol. The van der Waals surface area contributed by atoms with Gasteiger partial charge in [-0.15, -0.1) is 0 Å².